The summed E-state index contributed by atoms with van der Waals surface area (Å²) in [5.41, 5.74) is 5.24. The lowest BCUT2D eigenvalue weighted by molar-refractivity contribution is -0.137. The number of halogens is 5. The highest BCUT2D eigenvalue weighted by molar-refractivity contribution is 8.00. The van der Waals surface area contributed by atoms with Gasteiger partial charge in [-0.3, -0.25) is 0 Å². The molecule has 9 heteroatoms. The molecule has 0 radical (unpaired) electrons. The van der Waals surface area contributed by atoms with E-state index in [9.17, 15) is 13.2 Å². The van der Waals surface area contributed by atoms with Crippen LogP contribution in [0.4, 0.5) is 19.0 Å². The van der Waals surface area contributed by atoms with E-state index in [2.05, 4.69) is 5.10 Å². The summed E-state index contributed by atoms with van der Waals surface area (Å²) in [6.07, 6.45) is -3.00. The minimum Gasteiger partial charge on any atom is -0.383 e. The summed E-state index contributed by atoms with van der Waals surface area (Å²) in [5.74, 6) is 0.272. The van der Waals surface area contributed by atoms with Gasteiger partial charge < -0.3 is 5.73 Å². The van der Waals surface area contributed by atoms with Crippen molar-refractivity contribution in [3.8, 4) is 5.69 Å². The molecule has 1 heterocycles. The lowest BCUT2D eigenvalue weighted by atomic mass is 10.2. The van der Waals surface area contributed by atoms with Gasteiger partial charge in [0.25, 0.3) is 0 Å². The molecule has 1 aromatic carbocycles. The number of thioether (sulfide) groups is 1. The second-order valence-corrected chi connectivity index (χ2v) is 8.49. The lowest BCUT2D eigenvalue weighted by Crippen LogP contribution is -2.09. The van der Waals surface area contributed by atoms with Gasteiger partial charge in [0.2, 0.25) is 0 Å². The number of hydrogen-bond donors (Lipinski definition) is 1. The number of hydrogen-bond acceptors (Lipinski definition) is 3. The molecule has 2 aromatic rings. The number of alkyl halides is 3. The third-order valence-corrected chi connectivity index (χ3v) is 4.47. The molecule has 0 aliphatic heterocycles. The predicted octanol–water partition coefficient (Wildman–Crippen LogP) is 5.67. The highest BCUT2D eigenvalue weighted by Gasteiger charge is 2.32. The molecule has 2 N–H and O–H groups in total. The van der Waals surface area contributed by atoms with Gasteiger partial charge in [0.05, 0.1) is 26.7 Å². The first-order chi connectivity index (χ1) is 10.4. The van der Waals surface area contributed by atoms with Gasteiger partial charge in [-0.2, -0.15) is 18.3 Å². The van der Waals surface area contributed by atoms with Gasteiger partial charge in [-0.1, -0.05) is 44.0 Å². The molecule has 0 amide bonds. The molecular weight excluding hydrogens is 370 g/mol. The van der Waals surface area contributed by atoms with Gasteiger partial charge in [-0.05, 0) is 12.1 Å². The Bertz CT molecular complexity index is 713. The van der Waals surface area contributed by atoms with Crippen molar-refractivity contribution in [3.05, 3.63) is 33.9 Å². The zero-order valence-corrected chi connectivity index (χ0v) is 14.8. The Labute approximate surface area is 145 Å². The van der Waals surface area contributed by atoms with E-state index in [1.807, 2.05) is 20.8 Å². The summed E-state index contributed by atoms with van der Waals surface area (Å²) < 4.78 is 39.5. The Kier molecular flexibility index (Phi) is 4.86. The van der Waals surface area contributed by atoms with Crippen LogP contribution in [-0.2, 0) is 6.18 Å². The summed E-state index contributed by atoms with van der Waals surface area (Å²) >= 11 is 13.5. The summed E-state index contributed by atoms with van der Waals surface area (Å²) in [7, 11) is 0. The third kappa shape index (κ3) is 4.08. The Morgan fingerprint density at radius 3 is 2.09 bits per heavy atom. The number of nitrogen functional groups attached to an aromatic ring is 1. The maximum Gasteiger partial charge on any atom is 0.416 e. The van der Waals surface area contributed by atoms with Crippen molar-refractivity contribution in [2.24, 2.45) is 0 Å². The van der Waals surface area contributed by atoms with Crippen molar-refractivity contribution < 1.29 is 13.2 Å². The predicted molar refractivity (Wildman–Crippen MR) is 88.6 cm³/mol. The molecule has 0 saturated heterocycles. The fraction of sp³-hybridized carbons (Fsp3) is 0.357. The Morgan fingerprint density at radius 2 is 1.65 bits per heavy atom. The molecule has 0 unspecified atom stereocenters. The molecule has 1 aromatic heterocycles. The number of nitrogens with zero attached hydrogens (tertiary/aromatic N) is 2. The van der Waals surface area contributed by atoms with E-state index < -0.39 is 11.7 Å². The third-order valence-electron chi connectivity index (χ3n) is 2.74. The number of rotatable bonds is 2. The fourth-order valence-corrected chi connectivity index (χ4v) is 3.46. The van der Waals surface area contributed by atoms with Gasteiger partial charge in [0, 0.05) is 4.75 Å². The molecule has 0 fully saturated rings. The number of benzene rings is 1. The van der Waals surface area contributed by atoms with Crippen molar-refractivity contribution in [3.63, 3.8) is 0 Å². The van der Waals surface area contributed by atoms with Crippen LogP contribution in [0.2, 0.25) is 10.0 Å². The molecule has 23 heavy (non-hydrogen) atoms. The molecule has 0 spiro atoms. The first-order valence-electron chi connectivity index (χ1n) is 6.49. The monoisotopic (exact) mass is 383 g/mol. The molecule has 0 atom stereocenters. The van der Waals surface area contributed by atoms with Crippen LogP contribution in [-0.4, -0.2) is 14.5 Å². The molecule has 0 aliphatic rings. The van der Waals surface area contributed by atoms with Gasteiger partial charge in [-0.25, -0.2) is 4.68 Å². The van der Waals surface area contributed by atoms with Crippen LogP contribution in [0.5, 0.6) is 0 Å². The molecule has 0 aliphatic carbocycles. The highest BCUT2D eigenvalue weighted by Crippen LogP contribution is 2.40. The van der Waals surface area contributed by atoms with Crippen molar-refractivity contribution in [2.45, 2.75) is 36.6 Å². The van der Waals surface area contributed by atoms with Crippen LogP contribution >= 0.6 is 35.0 Å². The number of aromatic nitrogens is 2. The van der Waals surface area contributed by atoms with E-state index in [1.165, 1.54) is 22.6 Å². The summed E-state index contributed by atoms with van der Waals surface area (Å²) in [6.45, 7) is 6.02. The van der Waals surface area contributed by atoms with Crippen LogP contribution in [0.25, 0.3) is 5.69 Å². The summed E-state index contributed by atoms with van der Waals surface area (Å²) in [6, 6.07) is 1.61. The minimum atomic E-state index is -4.53. The average Bonchev–Trinajstić information content (AvgIpc) is 2.68. The van der Waals surface area contributed by atoms with Gasteiger partial charge in [0.15, 0.2) is 0 Å². The van der Waals surface area contributed by atoms with Gasteiger partial charge in [-0.15, -0.1) is 11.8 Å². The zero-order valence-electron chi connectivity index (χ0n) is 12.5. The first kappa shape index (κ1) is 18.3. The fourth-order valence-electron chi connectivity index (χ4n) is 1.86. The quantitative estimate of drug-likeness (QED) is 0.679. The molecule has 3 nitrogen and oxygen atoms in total. The maximum absolute atomic E-state index is 12.8. The molecular formula is C14H14Cl2F3N3S. The Balaban J connectivity index is 2.52. The molecule has 126 valence electrons. The topological polar surface area (TPSA) is 43.8 Å². The number of nitrogens with two attached hydrogens (primary N) is 1. The zero-order chi connectivity index (χ0) is 17.6. The van der Waals surface area contributed by atoms with Crippen LogP contribution in [0.3, 0.4) is 0 Å². The molecule has 2 rings (SSSR count). The minimum absolute atomic E-state index is 0.101. The van der Waals surface area contributed by atoms with Crippen LogP contribution in [0, 0.1) is 0 Å². The van der Waals surface area contributed by atoms with Crippen molar-refractivity contribution >= 4 is 40.8 Å². The normalized spacial score (nSPS) is 12.7. The largest absolute Gasteiger partial charge is 0.416 e. The van der Waals surface area contributed by atoms with E-state index in [4.69, 9.17) is 28.9 Å². The number of anilines is 1. The van der Waals surface area contributed by atoms with Crippen LogP contribution in [0.1, 0.15) is 26.3 Å². The first-order valence-corrected chi connectivity index (χ1v) is 8.06. The van der Waals surface area contributed by atoms with Crippen molar-refractivity contribution in [2.75, 3.05) is 5.73 Å². The Morgan fingerprint density at radius 1 is 1.13 bits per heavy atom. The maximum atomic E-state index is 12.8. The summed E-state index contributed by atoms with van der Waals surface area (Å²) in [4.78, 5) is 0.699. The van der Waals surface area contributed by atoms with E-state index in [1.54, 1.807) is 0 Å². The van der Waals surface area contributed by atoms with E-state index in [-0.39, 0.29) is 26.3 Å². The Hall–Kier alpha value is -1.05. The van der Waals surface area contributed by atoms with E-state index >= 15 is 0 Å². The molecule has 0 bridgehead atoms. The van der Waals surface area contributed by atoms with Crippen molar-refractivity contribution in [1.29, 1.82) is 0 Å². The second kappa shape index (κ2) is 6.11. The van der Waals surface area contributed by atoms with E-state index in [0.29, 0.717) is 4.90 Å². The van der Waals surface area contributed by atoms with Gasteiger partial charge in [0.1, 0.15) is 11.5 Å². The standard InChI is InChI=1S/C14H14Cl2F3N3S/c1-13(2,3)23-10-6-21-22(12(10)20)11-8(15)4-7(5-9(11)16)14(17,18)19/h4-6H,20H2,1-3H3. The lowest BCUT2D eigenvalue weighted by Gasteiger charge is -2.17. The molecule has 0 saturated carbocycles. The van der Waals surface area contributed by atoms with Gasteiger partial charge >= 0.3 is 6.18 Å². The average molecular weight is 384 g/mol. The van der Waals surface area contributed by atoms with E-state index in [0.717, 1.165) is 12.1 Å². The van der Waals surface area contributed by atoms with Crippen LogP contribution < -0.4 is 5.73 Å². The van der Waals surface area contributed by atoms with Crippen LogP contribution in [0.15, 0.2) is 23.2 Å². The second-order valence-electron chi connectivity index (χ2n) is 5.81. The summed E-state index contributed by atoms with van der Waals surface area (Å²) in [5, 5.41) is 3.76. The SMILES string of the molecule is CC(C)(C)Sc1cnn(-c2c(Cl)cc(C(F)(F)F)cc2Cl)c1N. The van der Waals surface area contributed by atoms with Crippen molar-refractivity contribution in [1.82, 2.24) is 9.78 Å². The smallest absolute Gasteiger partial charge is 0.383 e. The highest BCUT2D eigenvalue weighted by atomic mass is 35.5.